The maximum atomic E-state index is 13.3. The fourth-order valence-electron chi connectivity index (χ4n) is 4.48. The second kappa shape index (κ2) is 9.32. The van der Waals surface area contributed by atoms with Gasteiger partial charge in [-0.15, -0.1) is 0 Å². The summed E-state index contributed by atoms with van der Waals surface area (Å²) >= 11 is 0. The maximum Gasteiger partial charge on any atom is 0.354 e. The third-order valence-electron chi connectivity index (χ3n) is 6.15. The number of Topliss-reactive ketones (excluding diaryl/α,β-unsaturated/α-hetero) is 1. The Bertz CT molecular complexity index is 920. The van der Waals surface area contributed by atoms with Gasteiger partial charge in [0, 0.05) is 24.8 Å². The Morgan fingerprint density at radius 1 is 1.20 bits per heavy atom. The highest BCUT2D eigenvalue weighted by Gasteiger charge is 2.30. The van der Waals surface area contributed by atoms with Crippen LogP contribution in [0, 0.1) is 19.8 Å². The third kappa shape index (κ3) is 4.35. The molecule has 3 rings (SSSR count). The van der Waals surface area contributed by atoms with Crippen LogP contribution in [-0.2, 0) is 11.8 Å². The van der Waals surface area contributed by atoms with E-state index in [1.165, 1.54) is 19.8 Å². The second-order valence-electron chi connectivity index (χ2n) is 8.07. The number of furan rings is 1. The van der Waals surface area contributed by atoms with Gasteiger partial charge in [-0.3, -0.25) is 9.59 Å². The van der Waals surface area contributed by atoms with Gasteiger partial charge in [-0.2, -0.15) is 0 Å². The minimum absolute atomic E-state index is 0.0532. The van der Waals surface area contributed by atoms with Crippen LogP contribution in [0.5, 0.6) is 0 Å². The highest BCUT2D eigenvalue weighted by Crippen LogP contribution is 2.26. The van der Waals surface area contributed by atoms with Gasteiger partial charge >= 0.3 is 5.97 Å². The number of esters is 1. The normalized spacial score (nSPS) is 14.5. The standard InChI is InChI=1S/C23H30N2O5/c1-15-20(16(2)24(3)21(15)23(28)29-4)18(26)14-25(13-17-9-6-5-7-10-17)22(27)19-11-8-12-30-19/h8,11-12,17H,5-7,9-10,13-14H2,1-4H3. The molecule has 7 heteroatoms. The molecule has 0 aliphatic heterocycles. The summed E-state index contributed by atoms with van der Waals surface area (Å²) in [6.45, 7) is 4.02. The van der Waals surface area contributed by atoms with Gasteiger partial charge in [-0.1, -0.05) is 19.3 Å². The van der Waals surface area contributed by atoms with E-state index in [9.17, 15) is 14.4 Å². The molecular formula is C23H30N2O5. The second-order valence-corrected chi connectivity index (χ2v) is 8.07. The lowest BCUT2D eigenvalue weighted by molar-refractivity contribution is 0.0588. The van der Waals surface area contributed by atoms with Gasteiger partial charge in [-0.05, 0) is 50.3 Å². The van der Waals surface area contributed by atoms with Gasteiger partial charge in [0.15, 0.2) is 11.5 Å². The average Bonchev–Trinajstić information content (AvgIpc) is 3.35. The average molecular weight is 415 g/mol. The van der Waals surface area contributed by atoms with Crippen LogP contribution in [0.3, 0.4) is 0 Å². The summed E-state index contributed by atoms with van der Waals surface area (Å²) in [6.07, 6.45) is 7.11. The van der Waals surface area contributed by atoms with Crippen LogP contribution in [0.4, 0.5) is 0 Å². The lowest BCUT2D eigenvalue weighted by Crippen LogP contribution is -2.39. The number of carbonyl (C=O) groups excluding carboxylic acids is 3. The van der Waals surface area contributed by atoms with E-state index in [2.05, 4.69) is 0 Å². The molecule has 1 fully saturated rings. The smallest absolute Gasteiger partial charge is 0.354 e. The summed E-state index contributed by atoms with van der Waals surface area (Å²) < 4.78 is 11.8. The summed E-state index contributed by atoms with van der Waals surface area (Å²) in [5.41, 5.74) is 2.09. The molecule has 0 atom stereocenters. The number of aromatic nitrogens is 1. The Kier molecular flexibility index (Phi) is 6.80. The first kappa shape index (κ1) is 21.9. The number of ether oxygens (including phenoxy) is 1. The van der Waals surface area contributed by atoms with Gasteiger partial charge in [0.2, 0.25) is 0 Å². The predicted octanol–water partition coefficient (Wildman–Crippen LogP) is 3.93. The number of hydrogen-bond donors (Lipinski definition) is 0. The molecule has 1 aliphatic carbocycles. The van der Waals surface area contributed by atoms with E-state index in [-0.39, 0.29) is 24.0 Å². The van der Waals surface area contributed by atoms with E-state index in [0.717, 1.165) is 25.7 Å². The number of ketones is 1. The van der Waals surface area contributed by atoms with Crippen molar-refractivity contribution in [3.05, 3.63) is 46.7 Å². The first-order chi connectivity index (χ1) is 14.3. The molecule has 2 aromatic heterocycles. The predicted molar refractivity (Wildman–Crippen MR) is 112 cm³/mol. The van der Waals surface area contributed by atoms with E-state index < -0.39 is 5.97 Å². The molecule has 0 N–H and O–H groups in total. The molecule has 2 aromatic rings. The van der Waals surface area contributed by atoms with Crippen LogP contribution in [0.1, 0.15) is 74.8 Å². The Balaban J connectivity index is 1.87. The lowest BCUT2D eigenvalue weighted by Gasteiger charge is -2.29. The fourth-order valence-corrected chi connectivity index (χ4v) is 4.48. The number of amides is 1. The third-order valence-corrected chi connectivity index (χ3v) is 6.15. The molecule has 7 nitrogen and oxygen atoms in total. The Morgan fingerprint density at radius 2 is 1.90 bits per heavy atom. The lowest BCUT2D eigenvalue weighted by atomic mass is 9.88. The molecule has 0 spiro atoms. The summed E-state index contributed by atoms with van der Waals surface area (Å²) in [5, 5.41) is 0. The summed E-state index contributed by atoms with van der Waals surface area (Å²) in [7, 11) is 3.05. The molecule has 1 saturated carbocycles. The zero-order valence-electron chi connectivity index (χ0n) is 18.2. The number of nitrogens with zero attached hydrogens (tertiary/aromatic N) is 2. The first-order valence-corrected chi connectivity index (χ1v) is 10.4. The van der Waals surface area contributed by atoms with Crippen LogP contribution < -0.4 is 0 Å². The molecule has 162 valence electrons. The van der Waals surface area contributed by atoms with E-state index in [1.54, 1.807) is 42.5 Å². The van der Waals surface area contributed by atoms with Crippen molar-refractivity contribution >= 4 is 17.7 Å². The van der Waals surface area contributed by atoms with E-state index in [1.807, 2.05) is 0 Å². The van der Waals surface area contributed by atoms with Crippen LogP contribution in [0.15, 0.2) is 22.8 Å². The van der Waals surface area contributed by atoms with Gasteiger partial charge in [0.05, 0.1) is 19.9 Å². The Morgan fingerprint density at radius 3 is 2.50 bits per heavy atom. The van der Waals surface area contributed by atoms with Crippen LogP contribution in [-0.4, -0.2) is 47.3 Å². The molecule has 1 aliphatic rings. The monoisotopic (exact) mass is 414 g/mol. The van der Waals surface area contributed by atoms with E-state index in [4.69, 9.17) is 9.15 Å². The van der Waals surface area contributed by atoms with Gasteiger partial charge in [0.25, 0.3) is 5.91 Å². The molecule has 0 bridgehead atoms. The maximum absolute atomic E-state index is 13.3. The van der Waals surface area contributed by atoms with Crippen LogP contribution in [0.25, 0.3) is 0 Å². The Labute approximate surface area is 177 Å². The van der Waals surface area contributed by atoms with Crippen molar-refractivity contribution in [3.8, 4) is 0 Å². The highest BCUT2D eigenvalue weighted by atomic mass is 16.5. The number of rotatable bonds is 7. The van der Waals surface area contributed by atoms with Gasteiger partial charge in [-0.25, -0.2) is 4.79 Å². The molecule has 30 heavy (non-hydrogen) atoms. The summed E-state index contributed by atoms with van der Waals surface area (Å²) in [5.74, 6) is -0.336. The number of carbonyl (C=O) groups is 3. The van der Waals surface area contributed by atoms with Crippen molar-refractivity contribution in [1.82, 2.24) is 9.47 Å². The zero-order chi connectivity index (χ0) is 21.8. The van der Waals surface area contributed by atoms with Crippen LogP contribution in [0.2, 0.25) is 0 Å². The quantitative estimate of drug-likeness (QED) is 0.506. The molecule has 0 radical (unpaired) electrons. The van der Waals surface area contributed by atoms with Crippen molar-refractivity contribution in [1.29, 1.82) is 0 Å². The van der Waals surface area contributed by atoms with Crippen molar-refractivity contribution < 1.29 is 23.5 Å². The SMILES string of the molecule is COC(=O)c1c(C)c(C(=O)CN(CC2CCCCC2)C(=O)c2ccco2)c(C)n1C. The zero-order valence-corrected chi connectivity index (χ0v) is 18.2. The minimum atomic E-state index is -0.483. The largest absolute Gasteiger partial charge is 0.464 e. The van der Waals surface area contributed by atoms with Crippen LogP contribution >= 0.6 is 0 Å². The molecular weight excluding hydrogens is 384 g/mol. The van der Waals surface area contributed by atoms with Gasteiger partial charge < -0.3 is 18.6 Å². The molecule has 0 aromatic carbocycles. The molecule has 1 amide bonds. The van der Waals surface area contributed by atoms with E-state index in [0.29, 0.717) is 35.0 Å². The summed E-state index contributed by atoms with van der Waals surface area (Å²) in [4.78, 5) is 40.1. The first-order valence-electron chi connectivity index (χ1n) is 10.4. The van der Waals surface area contributed by atoms with Gasteiger partial charge in [0.1, 0.15) is 5.69 Å². The molecule has 2 heterocycles. The minimum Gasteiger partial charge on any atom is -0.464 e. The summed E-state index contributed by atoms with van der Waals surface area (Å²) in [6, 6.07) is 3.29. The van der Waals surface area contributed by atoms with Crippen molar-refractivity contribution in [2.45, 2.75) is 46.0 Å². The molecule has 0 unspecified atom stereocenters. The Hall–Kier alpha value is -2.83. The molecule has 0 saturated heterocycles. The topological polar surface area (TPSA) is 81.8 Å². The van der Waals surface area contributed by atoms with Crippen molar-refractivity contribution in [2.75, 3.05) is 20.2 Å². The van der Waals surface area contributed by atoms with Crippen molar-refractivity contribution in [3.63, 3.8) is 0 Å². The van der Waals surface area contributed by atoms with E-state index >= 15 is 0 Å². The number of hydrogen-bond acceptors (Lipinski definition) is 5. The fraction of sp³-hybridized carbons (Fsp3) is 0.522. The highest BCUT2D eigenvalue weighted by molar-refractivity contribution is 6.05. The number of methoxy groups -OCH3 is 1. The van der Waals surface area contributed by atoms with Crippen molar-refractivity contribution in [2.24, 2.45) is 13.0 Å².